The van der Waals surface area contributed by atoms with E-state index in [2.05, 4.69) is 15.3 Å². The molecule has 2 heterocycles. The highest BCUT2D eigenvalue weighted by molar-refractivity contribution is 5.92. The fourth-order valence-electron chi connectivity index (χ4n) is 2.72. The molecule has 1 atom stereocenters. The zero-order valence-corrected chi connectivity index (χ0v) is 12.4. The van der Waals surface area contributed by atoms with Crippen LogP contribution in [-0.4, -0.2) is 47.5 Å². The third-order valence-corrected chi connectivity index (χ3v) is 3.78. The SMILES string of the molecule is COc1ccccc1[C@H]1CNCCN1C(=O)c1cnccn1. The van der Waals surface area contributed by atoms with Crippen molar-refractivity contribution in [2.24, 2.45) is 0 Å². The third-order valence-electron chi connectivity index (χ3n) is 3.78. The van der Waals surface area contributed by atoms with E-state index in [4.69, 9.17) is 4.74 Å². The summed E-state index contributed by atoms with van der Waals surface area (Å²) < 4.78 is 5.44. The number of amides is 1. The molecule has 22 heavy (non-hydrogen) atoms. The monoisotopic (exact) mass is 298 g/mol. The summed E-state index contributed by atoms with van der Waals surface area (Å²) in [6, 6.07) is 7.70. The number of aromatic nitrogens is 2. The number of ether oxygens (including phenoxy) is 1. The van der Waals surface area contributed by atoms with E-state index < -0.39 is 0 Å². The van der Waals surface area contributed by atoms with E-state index in [1.54, 1.807) is 13.3 Å². The van der Waals surface area contributed by atoms with E-state index in [9.17, 15) is 4.79 Å². The van der Waals surface area contributed by atoms with Crippen LogP contribution in [0.4, 0.5) is 0 Å². The van der Waals surface area contributed by atoms with Gasteiger partial charge in [-0.3, -0.25) is 9.78 Å². The average molecular weight is 298 g/mol. The quantitative estimate of drug-likeness (QED) is 0.924. The van der Waals surface area contributed by atoms with Crippen LogP contribution in [0.25, 0.3) is 0 Å². The second kappa shape index (κ2) is 6.53. The van der Waals surface area contributed by atoms with Crippen LogP contribution in [0.5, 0.6) is 5.75 Å². The lowest BCUT2D eigenvalue weighted by Crippen LogP contribution is -2.49. The molecule has 1 aliphatic heterocycles. The Bertz CT molecular complexity index is 648. The molecule has 3 rings (SSSR count). The van der Waals surface area contributed by atoms with Crippen LogP contribution >= 0.6 is 0 Å². The predicted molar refractivity (Wildman–Crippen MR) is 81.7 cm³/mol. The van der Waals surface area contributed by atoms with Gasteiger partial charge in [0.1, 0.15) is 11.4 Å². The van der Waals surface area contributed by atoms with Crippen LogP contribution in [0, 0.1) is 0 Å². The Labute approximate surface area is 129 Å². The van der Waals surface area contributed by atoms with Gasteiger partial charge in [-0.2, -0.15) is 0 Å². The van der Waals surface area contributed by atoms with Crippen molar-refractivity contribution in [3.05, 3.63) is 54.1 Å². The Morgan fingerprint density at radius 1 is 1.36 bits per heavy atom. The van der Waals surface area contributed by atoms with E-state index in [1.807, 2.05) is 29.2 Å². The molecular weight excluding hydrogens is 280 g/mol. The Morgan fingerprint density at radius 2 is 2.23 bits per heavy atom. The first kappa shape index (κ1) is 14.5. The molecule has 0 saturated carbocycles. The number of nitrogens with one attached hydrogen (secondary N) is 1. The fourth-order valence-corrected chi connectivity index (χ4v) is 2.72. The summed E-state index contributed by atoms with van der Waals surface area (Å²) in [6.45, 7) is 2.07. The first-order chi connectivity index (χ1) is 10.8. The number of methoxy groups -OCH3 is 1. The van der Waals surface area contributed by atoms with Crippen molar-refractivity contribution in [2.75, 3.05) is 26.7 Å². The molecular formula is C16H18N4O2. The zero-order chi connectivity index (χ0) is 15.4. The number of carbonyl (C=O) groups excluding carboxylic acids is 1. The molecule has 114 valence electrons. The van der Waals surface area contributed by atoms with Gasteiger partial charge >= 0.3 is 0 Å². The smallest absolute Gasteiger partial charge is 0.274 e. The number of rotatable bonds is 3. The number of piperazine rings is 1. The minimum Gasteiger partial charge on any atom is -0.496 e. The first-order valence-corrected chi connectivity index (χ1v) is 7.22. The molecule has 1 saturated heterocycles. The molecule has 1 amide bonds. The molecule has 0 bridgehead atoms. The Morgan fingerprint density at radius 3 is 3.00 bits per heavy atom. The van der Waals surface area contributed by atoms with Crippen LogP contribution in [0.2, 0.25) is 0 Å². The van der Waals surface area contributed by atoms with Gasteiger partial charge in [0.2, 0.25) is 0 Å². The van der Waals surface area contributed by atoms with Crippen LogP contribution in [0.3, 0.4) is 0 Å². The number of benzene rings is 1. The van der Waals surface area contributed by atoms with Crippen LogP contribution in [-0.2, 0) is 0 Å². The number of carbonyl (C=O) groups is 1. The lowest BCUT2D eigenvalue weighted by atomic mass is 10.0. The van der Waals surface area contributed by atoms with Crippen molar-refractivity contribution in [2.45, 2.75) is 6.04 Å². The van der Waals surface area contributed by atoms with Crippen molar-refractivity contribution in [3.8, 4) is 5.75 Å². The lowest BCUT2D eigenvalue weighted by molar-refractivity contribution is 0.0625. The molecule has 2 aromatic rings. The van der Waals surface area contributed by atoms with Gasteiger partial charge in [-0.05, 0) is 6.07 Å². The highest BCUT2D eigenvalue weighted by atomic mass is 16.5. The van der Waals surface area contributed by atoms with Crippen molar-refractivity contribution in [1.82, 2.24) is 20.2 Å². The van der Waals surface area contributed by atoms with Crippen molar-refractivity contribution in [1.29, 1.82) is 0 Å². The van der Waals surface area contributed by atoms with Crippen molar-refractivity contribution in [3.63, 3.8) is 0 Å². The summed E-state index contributed by atoms with van der Waals surface area (Å²) in [7, 11) is 1.64. The molecule has 1 aromatic heterocycles. The van der Waals surface area contributed by atoms with E-state index >= 15 is 0 Å². The molecule has 0 unspecified atom stereocenters. The number of para-hydroxylation sites is 1. The molecule has 1 N–H and O–H groups in total. The highest BCUT2D eigenvalue weighted by Gasteiger charge is 2.30. The number of nitrogens with zero attached hydrogens (tertiary/aromatic N) is 3. The summed E-state index contributed by atoms with van der Waals surface area (Å²) in [5, 5.41) is 3.34. The zero-order valence-electron chi connectivity index (χ0n) is 12.4. The highest BCUT2D eigenvalue weighted by Crippen LogP contribution is 2.30. The Hall–Kier alpha value is -2.47. The Kier molecular flexibility index (Phi) is 4.29. The third kappa shape index (κ3) is 2.78. The molecule has 0 spiro atoms. The second-order valence-electron chi connectivity index (χ2n) is 5.05. The minimum absolute atomic E-state index is 0.0839. The predicted octanol–water partition coefficient (Wildman–Crippen LogP) is 1.27. The summed E-state index contributed by atoms with van der Waals surface area (Å²) >= 11 is 0. The van der Waals surface area contributed by atoms with Gasteiger partial charge in [0.15, 0.2) is 0 Å². The maximum absolute atomic E-state index is 12.7. The van der Waals surface area contributed by atoms with Gasteiger partial charge in [-0.15, -0.1) is 0 Å². The Balaban J connectivity index is 1.93. The van der Waals surface area contributed by atoms with Crippen molar-refractivity contribution >= 4 is 5.91 Å². The van der Waals surface area contributed by atoms with Crippen LogP contribution in [0.1, 0.15) is 22.1 Å². The molecule has 0 aliphatic carbocycles. The summed E-state index contributed by atoms with van der Waals surface area (Å²) in [5.74, 6) is 0.679. The standard InChI is InChI=1S/C16H18N4O2/c1-22-15-5-3-2-4-12(15)14-11-18-8-9-20(14)16(21)13-10-17-6-7-19-13/h2-7,10,14,18H,8-9,11H2,1H3/t14-/m1/s1. The van der Waals surface area contributed by atoms with Gasteiger partial charge < -0.3 is 15.0 Å². The summed E-state index contributed by atoms with van der Waals surface area (Å²) in [6.07, 6.45) is 4.60. The average Bonchev–Trinajstić information content (AvgIpc) is 2.62. The van der Waals surface area contributed by atoms with E-state index in [-0.39, 0.29) is 11.9 Å². The molecule has 1 aliphatic rings. The van der Waals surface area contributed by atoms with E-state index in [0.717, 1.165) is 17.9 Å². The van der Waals surface area contributed by atoms with Gasteiger partial charge in [-0.25, -0.2) is 4.98 Å². The van der Waals surface area contributed by atoms with E-state index in [0.29, 0.717) is 18.8 Å². The maximum atomic E-state index is 12.7. The van der Waals surface area contributed by atoms with Crippen LogP contribution < -0.4 is 10.1 Å². The van der Waals surface area contributed by atoms with Gasteiger partial charge in [0.05, 0.1) is 19.3 Å². The molecule has 1 fully saturated rings. The molecule has 0 radical (unpaired) electrons. The van der Waals surface area contributed by atoms with Crippen LogP contribution in [0.15, 0.2) is 42.9 Å². The van der Waals surface area contributed by atoms with Gasteiger partial charge in [0, 0.05) is 37.6 Å². The molecule has 1 aromatic carbocycles. The summed E-state index contributed by atoms with van der Waals surface area (Å²) in [5.41, 5.74) is 1.36. The lowest BCUT2D eigenvalue weighted by Gasteiger charge is -2.36. The van der Waals surface area contributed by atoms with E-state index in [1.165, 1.54) is 12.4 Å². The molecule has 6 nitrogen and oxygen atoms in total. The number of hydrogen-bond acceptors (Lipinski definition) is 5. The van der Waals surface area contributed by atoms with Gasteiger partial charge in [0.25, 0.3) is 5.91 Å². The summed E-state index contributed by atoms with van der Waals surface area (Å²) in [4.78, 5) is 22.7. The maximum Gasteiger partial charge on any atom is 0.274 e. The second-order valence-corrected chi connectivity index (χ2v) is 5.05. The first-order valence-electron chi connectivity index (χ1n) is 7.22. The molecule has 6 heteroatoms. The minimum atomic E-state index is -0.106. The van der Waals surface area contributed by atoms with Gasteiger partial charge in [-0.1, -0.05) is 18.2 Å². The van der Waals surface area contributed by atoms with Crippen molar-refractivity contribution < 1.29 is 9.53 Å². The number of hydrogen-bond donors (Lipinski definition) is 1. The topological polar surface area (TPSA) is 67.3 Å². The normalized spacial score (nSPS) is 18.0. The fraction of sp³-hybridized carbons (Fsp3) is 0.312. The largest absolute Gasteiger partial charge is 0.496 e.